The lowest BCUT2D eigenvalue weighted by molar-refractivity contribution is -0.141. The van der Waals surface area contributed by atoms with Crippen molar-refractivity contribution in [3.63, 3.8) is 0 Å². The van der Waals surface area contributed by atoms with Gasteiger partial charge in [-0.05, 0) is 38.1 Å². The minimum absolute atomic E-state index is 0.0406. The topological polar surface area (TPSA) is 29.5 Å². The molecule has 0 aliphatic carbocycles. The van der Waals surface area contributed by atoms with Gasteiger partial charge in [-0.1, -0.05) is 29.8 Å². The molecule has 0 unspecified atom stereocenters. The maximum atomic E-state index is 11.3. The number of cyclic esters (lactones) is 1. The number of halogens is 1. The molecule has 2 rings (SSSR count). The van der Waals surface area contributed by atoms with Crippen LogP contribution in [0.3, 0.4) is 0 Å². The zero-order chi connectivity index (χ0) is 13.0. The number of nitrogens with zero attached hydrogens (tertiary/aromatic N) is 1. The van der Waals surface area contributed by atoms with E-state index in [4.69, 9.17) is 16.3 Å². The van der Waals surface area contributed by atoms with Gasteiger partial charge in [0.15, 0.2) is 0 Å². The number of esters is 1. The Labute approximate surface area is 113 Å². The van der Waals surface area contributed by atoms with E-state index in [2.05, 4.69) is 4.90 Å². The Kier molecular flexibility index (Phi) is 4.61. The van der Waals surface area contributed by atoms with Crippen molar-refractivity contribution in [1.29, 1.82) is 0 Å². The second-order valence-corrected chi connectivity index (χ2v) is 5.18. The van der Waals surface area contributed by atoms with Crippen LogP contribution in [0, 0.1) is 5.92 Å². The van der Waals surface area contributed by atoms with Crippen molar-refractivity contribution in [2.45, 2.75) is 19.4 Å². The molecular formula is C14H18ClNO2. The number of ether oxygens (including phenoxy) is 1. The van der Waals surface area contributed by atoms with Crippen molar-refractivity contribution in [3.8, 4) is 0 Å². The monoisotopic (exact) mass is 267 g/mol. The van der Waals surface area contributed by atoms with E-state index in [1.54, 1.807) is 0 Å². The first-order valence-electron chi connectivity index (χ1n) is 6.25. The van der Waals surface area contributed by atoms with E-state index in [0.717, 1.165) is 36.5 Å². The lowest BCUT2D eigenvalue weighted by atomic mass is 10.0. The summed E-state index contributed by atoms with van der Waals surface area (Å²) in [6, 6.07) is 7.85. The first kappa shape index (κ1) is 13.4. The molecule has 1 aliphatic heterocycles. The quantitative estimate of drug-likeness (QED) is 0.769. The van der Waals surface area contributed by atoms with Crippen LogP contribution in [0.1, 0.15) is 18.4 Å². The average molecular weight is 268 g/mol. The number of rotatable bonds is 5. The summed E-state index contributed by atoms with van der Waals surface area (Å²) in [4.78, 5) is 13.5. The molecule has 4 heteroatoms. The van der Waals surface area contributed by atoms with E-state index in [1.807, 2.05) is 31.3 Å². The number of carbonyl (C=O) groups excluding carboxylic acids is 1. The summed E-state index contributed by atoms with van der Waals surface area (Å²) in [6.45, 7) is 2.27. The normalized spacial score (nSPS) is 19.3. The van der Waals surface area contributed by atoms with Crippen molar-refractivity contribution >= 4 is 17.6 Å². The lowest BCUT2D eigenvalue weighted by Gasteiger charge is -2.18. The van der Waals surface area contributed by atoms with Gasteiger partial charge in [-0.25, -0.2) is 0 Å². The van der Waals surface area contributed by atoms with E-state index < -0.39 is 0 Å². The molecule has 98 valence electrons. The minimum Gasteiger partial charge on any atom is -0.465 e. The van der Waals surface area contributed by atoms with Gasteiger partial charge in [0.1, 0.15) is 0 Å². The molecule has 0 N–H and O–H groups in total. The Hall–Kier alpha value is -1.06. The number of hydrogen-bond donors (Lipinski definition) is 0. The zero-order valence-corrected chi connectivity index (χ0v) is 11.3. The fraction of sp³-hybridized carbons (Fsp3) is 0.500. The molecule has 1 heterocycles. The SMILES string of the molecule is CN(CC[C@@H]1CCOC1=O)Cc1ccccc1Cl. The highest BCUT2D eigenvalue weighted by molar-refractivity contribution is 6.31. The van der Waals surface area contributed by atoms with Gasteiger partial charge >= 0.3 is 5.97 Å². The number of carbonyl (C=O) groups is 1. The molecule has 0 aromatic heterocycles. The van der Waals surface area contributed by atoms with Crippen LogP contribution in [-0.4, -0.2) is 31.1 Å². The first-order chi connectivity index (χ1) is 8.66. The lowest BCUT2D eigenvalue weighted by Crippen LogP contribution is -2.22. The van der Waals surface area contributed by atoms with Gasteiger partial charge in [0.25, 0.3) is 0 Å². The zero-order valence-electron chi connectivity index (χ0n) is 10.6. The molecular weight excluding hydrogens is 250 g/mol. The van der Waals surface area contributed by atoms with Gasteiger partial charge in [-0.2, -0.15) is 0 Å². The molecule has 1 aromatic carbocycles. The van der Waals surface area contributed by atoms with Crippen molar-refractivity contribution < 1.29 is 9.53 Å². The van der Waals surface area contributed by atoms with E-state index in [-0.39, 0.29) is 11.9 Å². The minimum atomic E-state index is -0.0406. The van der Waals surface area contributed by atoms with Crippen LogP contribution in [0.2, 0.25) is 5.02 Å². The molecule has 1 atom stereocenters. The summed E-state index contributed by atoms with van der Waals surface area (Å²) in [5.74, 6) is 0.0415. The van der Waals surface area contributed by atoms with Gasteiger partial charge in [-0.3, -0.25) is 4.79 Å². The molecule has 0 amide bonds. The summed E-state index contributed by atoms with van der Waals surface area (Å²) in [5.41, 5.74) is 1.12. The van der Waals surface area contributed by atoms with E-state index in [9.17, 15) is 4.79 Å². The molecule has 0 bridgehead atoms. The summed E-state index contributed by atoms with van der Waals surface area (Å²) >= 11 is 6.12. The number of hydrogen-bond acceptors (Lipinski definition) is 3. The highest BCUT2D eigenvalue weighted by Gasteiger charge is 2.26. The Balaban J connectivity index is 1.80. The van der Waals surface area contributed by atoms with Crippen LogP contribution in [-0.2, 0) is 16.1 Å². The molecule has 1 saturated heterocycles. The fourth-order valence-corrected chi connectivity index (χ4v) is 2.37. The van der Waals surface area contributed by atoms with E-state index in [1.165, 1.54) is 0 Å². The largest absolute Gasteiger partial charge is 0.465 e. The standard InChI is InChI=1S/C14H18ClNO2/c1-16(8-6-11-7-9-18-14(11)17)10-12-4-2-3-5-13(12)15/h2-5,11H,6-10H2,1H3/t11-/m1/s1. The van der Waals surface area contributed by atoms with Gasteiger partial charge in [0.2, 0.25) is 0 Å². The molecule has 3 nitrogen and oxygen atoms in total. The molecule has 18 heavy (non-hydrogen) atoms. The summed E-state index contributed by atoms with van der Waals surface area (Å²) < 4.78 is 4.96. The fourth-order valence-electron chi connectivity index (χ4n) is 2.17. The van der Waals surface area contributed by atoms with Crippen molar-refractivity contribution in [2.24, 2.45) is 5.92 Å². The van der Waals surface area contributed by atoms with Gasteiger partial charge in [0, 0.05) is 11.6 Å². The number of benzene rings is 1. The predicted molar refractivity (Wildman–Crippen MR) is 71.5 cm³/mol. The van der Waals surface area contributed by atoms with Crippen LogP contribution in [0.15, 0.2) is 24.3 Å². The smallest absolute Gasteiger partial charge is 0.309 e. The second-order valence-electron chi connectivity index (χ2n) is 4.77. The third-order valence-corrected chi connectivity index (χ3v) is 3.67. The molecule has 1 aliphatic rings. The summed E-state index contributed by atoms with van der Waals surface area (Å²) in [7, 11) is 2.05. The second kappa shape index (κ2) is 6.21. The third kappa shape index (κ3) is 3.47. The molecule has 0 saturated carbocycles. The van der Waals surface area contributed by atoms with Crippen molar-refractivity contribution in [2.75, 3.05) is 20.2 Å². The summed E-state index contributed by atoms with van der Waals surface area (Å²) in [6.07, 6.45) is 1.72. The molecule has 1 fully saturated rings. The Morgan fingerprint density at radius 3 is 2.89 bits per heavy atom. The maximum Gasteiger partial charge on any atom is 0.309 e. The molecule has 0 radical (unpaired) electrons. The molecule has 0 spiro atoms. The Morgan fingerprint density at radius 2 is 2.22 bits per heavy atom. The highest BCUT2D eigenvalue weighted by atomic mass is 35.5. The van der Waals surface area contributed by atoms with E-state index >= 15 is 0 Å². The van der Waals surface area contributed by atoms with E-state index in [0.29, 0.717) is 6.61 Å². The van der Waals surface area contributed by atoms with Crippen LogP contribution < -0.4 is 0 Å². The maximum absolute atomic E-state index is 11.3. The Morgan fingerprint density at radius 1 is 1.44 bits per heavy atom. The Bertz CT molecular complexity index is 422. The van der Waals surface area contributed by atoms with Gasteiger partial charge in [0.05, 0.1) is 12.5 Å². The van der Waals surface area contributed by atoms with Crippen LogP contribution >= 0.6 is 11.6 Å². The molecule has 1 aromatic rings. The highest BCUT2D eigenvalue weighted by Crippen LogP contribution is 2.20. The van der Waals surface area contributed by atoms with Crippen molar-refractivity contribution in [3.05, 3.63) is 34.9 Å². The summed E-state index contributed by atoms with van der Waals surface area (Å²) in [5, 5.41) is 0.796. The first-order valence-corrected chi connectivity index (χ1v) is 6.63. The van der Waals surface area contributed by atoms with Gasteiger partial charge < -0.3 is 9.64 Å². The van der Waals surface area contributed by atoms with Crippen molar-refractivity contribution in [1.82, 2.24) is 4.90 Å². The van der Waals surface area contributed by atoms with Crippen LogP contribution in [0.5, 0.6) is 0 Å². The third-order valence-electron chi connectivity index (χ3n) is 3.30. The van der Waals surface area contributed by atoms with Crippen LogP contribution in [0.4, 0.5) is 0 Å². The average Bonchev–Trinajstić information content (AvgIpc) is 2.75. The predicted octanol–water partition coefficient (Wildman–Crippen LogP) is 2.73. The van der Waals surface area contributed by atoms with Crippen LogP contribution in [0.25, 0.3) is 0 Å². The van der Waals surface area contributed by atoms with Gasteiger partial charge in [-0.15, -0.1) is 0 Å².